The lowest BCUT2D eigenvalue weighted by Crippen LogP contribution is -2.64. The third-order valence-electron chi connectivity index (χ3n) is 7.23. The number of nitrogens with zero attached hydrogens (tertiary/aromatic N) is 3. The first kappa shape index (κ1) is 20.7. The molecular formula is C25H29N3O4. The first-order valence-corrected chi connectivity index (χ1v) is 11.1. The number of benzene rings is 2. The maximum atomic E-state index is 13.7. The molecule has 5 rings (SSSR count). The number of amides is 2. The number of hydrogen-bond acceptors (Lipinski definition) is 5. The lowest BCUT2D eigenvalue weighted by atomic mass is 9.73. The molecule has 2 aromatic rings. The number of likely N-dealkylation sites (tertiary alicyclic amines) is 1. The number of fused-ring (bicyclic) bond motifs is 4. The zero-order chi connectivity index (χ0) is 22.5. The van der Waals surface area contributed by atoms with Crippen LogP contribution in [0.5, 0.6) is 11.5 Å². The number of rotatable bonds is 3. The molecule has 0 saturated carbocycles. The molecular weight excluding hydrogens is 406 g/mol. The molecule has 2 aromatic carbocycles. The van der Waals surface area contributed by atoms with Gasteiger partial charge in [-0.1, -0.05) is 24.3 Å². The van der Waals surface area contributed by atoms with Crippen LogP contribution in [-0.4, -0.2) is 67.7 Å². The SMILES string of the molecule is COc1cccc(N2CCN(C(=O)[C@@H]3C(=O)N(C)[C@@]4(C)C[C@H]3c3ccccc3O4)CC2)c1. The zero-order valence-corrected chi connectivity index (χ0v) is 18.8. The summed E-state index contributed by atoms with van der Waals surface area (Å²) in [5, 5.41) is 0. The molecule has 0 N–H and O–H groups in total. The van der Waals surface area contributed by atoms with Crippen molar-refractivity contribution in [2.45, 2.75) is 25.0 Å². The Morgan fingerprint density at radius 1 is 1.09 bits per heavy atom. The summed E-state index contributed by atoms with van der Waals surface area (Å²) >= 11 is 0. The highest BCUT2D eigenvalue weighted by Gasteiger charge is 2.55. The Labute approximate surface area is 188 Å². The van der Waals surface area contributed by atoms with Gasteiger partial charge < -0.3 is 24.2 Å². The summed E-state index contributed by atoms with van der Waals surface area (Å²) in [5.41, 5.74) is 1.32. The summed E-state index contributed by atoms with van der Waals surface area (Å²) in [6, 6.07) is 15.8. The number of anilines is 1. The molecule has 2 saturated heterocycles. The van der Waals surface area contributed by atoms with Crippen LogP contribution in [0.2, 0.25) is 0 Å². The predicted octanol–water partition coefficient (Wildman–Crippen LogP) is 2.71. The summed E-state index contributed by atoms with van der Waals surface area (Å²) in [6.07, 6.45) is 0.617. The molecule has 7 nitrogen and oxygen atoms in total. The molecule has 0 spiro atoms. The first-order valence-electron chi connectivity index (χ1n) is 11.1. The minimum Gasteiger partial charge on any atom is -0.497 e. The van der Waals surface area contributed by atoms with Crippen LogP contribution >= 0.6 is 0 Å². The molecule has 0 radical (unpaired) electrons. The molecule has 3 atom stereocenters. The Balaban J connectivity index is 1.36. The van der Waals surface area contributed by atoms with E-state index in [0.717, 1.165) is 35.8 Å². The molecule has 3 heterocycles. The Morgan fingerprint density at radius 3 is 2.59 bits per heavy atom. The quantitative estimate of drug-likeness (QED) is 0.694. The number of piperidine rings is 1. The fourth-order valence-corrected chi connectivity index (χ4v) is 5.26. The molecule has 32 heavy (non-hydrogen) atoms. The van der Waals surface area contributed by atoms with Crippen LogP contribution < -0.4 is 14.4 Å². The zero-order valence-electron chi connectivity index (χ0n) is 18.8. The standard InChI is InChI=1S/C25H29N3O4/c1-25-16-20(19-9-4-5-10-21(19)32-25)22(23(29)26(25)2)24(30)28-13-11-27(12-14-28)17-7-6-8-18(15-17)31-3/h4-10,15,20,22H,11-14,16H2,1-3H3/t20-,22-,25+/m0/s1. The van der Waals surface area contributed by atoms with Crippen LogP contribution in [0.25, 0.3) is 0 Å². The van der Waals surface area contributed by atoms with E-state index in [2.05, 4.69) is 11.0 Å². The van der Waals surface area contributed by atoms with Gasteiger partial charge in [0, 0.05) is 57.3 Å². The smallest absolute Gasteiger partial charge is 0.238 e. The molecule has 3 aliphatic heterocycles. The van der Waals surface area contributed by atoms with Gasteiger partial charge in [0.15, 0.2) is 5.72 Å². The Morgan fingerprint density at radius 2 is 1.84 bits per heavy atom. The van der Waals surface area contributed by atoms with Crippen LogP contribution in [0.4, 0.5) is 5.69 Å². The second-order valence-corrected chi connectivity index (χ2v) is 9.01. The highest BCUT2D eigenvalue weighted by Crippen LogP contribution is 2.50. The highest BCUT2D eigenvalue weighted by atomic mass is 16.5. The molecule has 2 bridgehead atoms. The van der Waals surface area contributed by atoms with Crippen molar-refractivity contribution in [1.82, 2.24) is 9.80 Å². The minimum absolute atomic E-state index is 0.0732. The Kier molecular flexibility index (Phi) is 4.99. The number of ether oxygens (including phenoxy) is 2. The van der Waals surface area contributed by atoms with Crippen molar-refractivity contribution in [2.75, 3.05) is 45.2 Å². The second-order valence-electron chi connectivity index (χ2n) is 9.01. The first-order chi connectivity index (χ1) is 15.4. The number of piperazine rings is 1. The molecule has 7 heteroatoms. The molecule has 2 fully saturated rings. The van der Waals surface area contributed by atoms with Gasteiger partial charge in [0.2, 0.25) is 11.8 Å². The maximum absolute atomic E-state index is 13.7. The van der Waals surface area contributed by atoms with Gasteiger partial charge in [0.05, 0.1) is 7.11 Å². The van der Waals surface area contributed by atoms with Crippen molar-refractivity contribution in [2.24, 2.45) is 5.92 Å². The van der Waals surface area contributed by atoms with Gasteiger partial charge in [-0.2, -0.15) is 0 Å². The number of carbonyl (C=O) groups excluding carboxylic acids is 2. The van der Waals surface area contributed by atoms with Crippen molar-refractivity contribution >= 4 is 17.5 Å². The third-order valence-corrected chi connectivity index (χ3v) is 7.23. The van der Waals surface area contributed by atoms with E-state index in [1.165, 1.54) is 0 Å². The topological polar surface area (TPSA) is 62.3 Å². The number of carbonyl (C=O) groups is 2. The van der Waals surface area contributed by atoms with Crippen molar-refractivity contribution in [3.63, 3.8) is 0 Å². The molecule has 0 aromatic heterocycles. The third kappa shape index (κ3) is 3.27. The van der Waals surface area contributed by atoms with E-state index in [-0.39, 0.29) is 17.7 Å². The van der Waals surface area contributed by atoms with Gasteiger partial charge in [-0.25, -0.2) is 0 Å². The van der Waals surface area contributed by atoms with Gasteiger partial charge in [0.25, 0.3) is 0 Å². The van der Waals surface area contributed by atoms with Gasteiger partial charge in [-0.15, -0.1) is 0 Å². The van der Waals surface area contributed by atoms with Crippen LogP contribution in [0.15, 0.2) is 48.5 Å². The average molecular weight is 436 g/mol. The van der Waals surface area contributed by atoms with E-state index >= 15 is 0 Å². The van der Waals surface area contributed by atoms with Gasteiger partial charge in [-0.05, 0) is 30.7 Å². The average Bonchev–Trinajstić information content (AvgIpc) is 2.83. The van der Waals surface area contributed by atoms with E-state index in [1.54, 1.807) is 19.1 Å². The Bertz CT molecular complexity index is 1050. The van der Waals surface area contributed by atoms with Crippen molar-refractivity contribution in [3.05, 3.63) is 54.1 Å². The largest absolute Gasteiger partial charge is 0.497 e. The minimum atomic E-state index is -0.724. The number of para-hydroxylation sites is 1. The van der Waals surface area contributed by atoms with Crippen LogP contribution in [0.3, 0.4) is 0 Å². The highest BCUT2D eigenvalue weighted by molar-refractivity contribution is 6.02. The molecule has 3 aliphatic rings. The normalized spacial score (nSPS) is 27.0. The summed E-state index contributed by atoms with van der Waals surface area (Å²) < 4.78 is 11.5. The lowest BCUT2D eigenvalue weighted by molar-refractivity contribution is -0.174. The van der Waals surface area contributed by atoms with Crippen molar-refractivity contribution in [3.8, 4) is 11.5 Å². The Hall–Kier alpha value is -3.22. The van der Waals surface area contributed by atoms with E-state index in [9.17, 15) is 9.59 Å². The van der Waals surface area contributed by atoms with E-state index < -0.39 is 11.6 Å². The van der Waals surface area contributed by atoms with Crippen molar-refractivity contribution in [1.29, 1.82) is 0 Å². The van der Waals surface area contributed by atoms with Crippen molar-refractivity contribution < 1.29 is 19.1 Å². The van der Waals surface area contributed by atoms with Crippen LogP contribution in [-0.2, 0) is 9.59 Å². The molecule has 0 unspecified atom stereocenters. The summed E-state index contributed by atoms with van der Waals surface area (Å²) in [4.78, 5) is 32.8. The summed E-state index contributed by atoms with van der Waals surface area (Å²) in [7, 11) is 3.40. The van der Waals surface area contributed by atoms with Gasteiger partial charge in [-0.3, -0.25) is 9.59 Å². The summed E-state index contributed by atoms with van der Waals surface area (Å²) in [5.74, 6) is 0.484. The van der Waals surface area contributed by atoms with Gasteiger partial charge in [0.1, 0.15) is 17.4 Å². The van der Waals surface area contributed by atoms with Crippen LogP contribution in [0, 0.1) is 5.92 Å². The maximum Gasteiger partial charge on any atom is 0.238 e. The lowest BCUT2D eigenvalue weighted by Gasteiger charge is -2.52. The number of hydrogen-bond donors (Lipinski definition) is 0. The molecule has 0 aliphatic carbocycles. The van der Waals surface area contributed by atoms with E-state index in [0.29, 0.717) is 19.5 Å². The van der Waals surface area contributed by atoms with E-state index in [4.69, 9.17) is 9.47 Å². The second kappa shape index (κ2) is 7.73. The van der Waals surface area contributed by atoms with E-state index in [1.807, 2.05) is 54.3 Å². The summed E-state index contributed by atoms with van der Waals surface area (Å²) in [6.45, 7) is 4.55. The van der Waals surface area contributed by atoms with Gasteiger partial charge >= 0.3 is 0 Å². The number of methoxy groups -OCH3 is 1. The monoisotopic (exact) mass is 435 g/mol. The predicted molar refractivity (Wildman–Crippen MR) is 121 cm³/mol. The fourth-order valence-electron chi connectivity index (χ4n) is 5.26. The van der Waals surface area contributed by atoms with Crippen LogP contribution in [0.1, 0.15) is 24.8 Å². The fraction of sp³-hybridized carbons (Fsp3) is 0.440. The molecule has 2 amide bonds. The molecule has 168 valence electrons.